The molecule has 0 saturated heterocycles. The van der Waals surface area contributed by atoms with Crippen LogP contribution >= 0.6 is 11.8 Å². The minimum absolute atomic E-state index is 0.607. The molecule has 2 aromatic rings. The van der Waals surface area contributed by atoms with Crippen molar-refractivity contribution in [3.8, 4) is 0 Å². The number of unbranched alkanes of at least 4 members (excludes halogenated alkanes) is 4. The number of hydrogen-bond acceptors (Lipinski definition) is 2. The highest BCUT2D eigenvalue weighted by atomic mass is 32.2. The molecule has 132 valence electrons. The highest BCUT2D eigenvalue weighted by Crippen LogP contribution is 2.22. The summed E-state index contributed by atoms with van der Waals surface area (Å²) in [6.07, 6.45) is 16.6. The molecule has 0 N–H and O–H groups in total. The summed E-state index contributed by atoms with van der Waals surface area (Å²) >= 11 is 2.10. The van der Waals surface area contributed by atoms with Crippen molar-refractivity contribution in [3.63, 3.8) is 0 Å². The highest BCUT2D eigenvalue weighted by Gasteiger charge is 2.10. The summed E-state index contributed by atoms with van der Waals surface area (Å²) in [5.74, 6) is 2.45. The van der Waals surface area contributed by atoms with Crippen LogP contribution in [0, 0.1) is 0 Å². The van der Waals surface area contributed by atoms with Gasteiger partial charge in [-0.25, -0.2) is 4.98 Å². The molecule has 1 unspecified atom stereocenters. The van der Waals surface area contributed by atoms with Gasteiger partial charge in [0.25, 0.3) is 0 Å². The summed E-state index contributed by atoms with van der Waals surface area (Å²) in [5.41, 5.74) is 1.46. The summed E-state index contributed by atoms with van der Waals surface area (Å²) in [7, 11) is 0. The van der Waals surface area contributed by atoms with E-state index in [1.54, 1.807) is 0 Å². The number of imidazole rings is 1. The van der Waals surface area contributed by atoms with E-state index in [4.69, 9.17) is 0 Å². The van der Waals surface area contributed by atoms with E-state index < -0.39 is 0 Å². The topological polar surface area (TPSA) is 17.8 Å². The lowest BCUT2D eigenvalue weighted by atomic mass is 10.1. The van der Waals surface area contributed by atoms with E-state index in [0.717, 1.165) is 0 Å². The highest BCUT2D eigenvalue weighted by molar-refractivity contribution is 7.99. The number of nitrogens with zero attached hydrogens (tertiary/aromatic N) is 2. The maximum atomic E-state index is 4.24. The van der Waals surface area contributed by atoms with Crippen molar-refractivity contribution in [2.75, 3.05) is 11.5 Å². The second kappa shape index (κ2) is 12.2. The van der Waals surface area contributed by atoms with Crippen molar-refractivity contribution in [2.24, 2.45) is 0 Å². The molecule has 2 rings (SSSR count). The van der Waals surface area contributed by atoms with Crippen LogP contribution < -0.4 is 0 Å². The van der Waals surface area contributed by atoms with E-state index in [2.05, 4.69) is 64.8 Å². The normalized spacial score (nSPS) is 12.4. The molecule has 1 aromatic heterocycles. The Bertz CT molecular complexity index is 510. The lowest BCUT2D eigenvalue weighted by Gasteiger charge is -2.18. The summed E-state index contributed by atoms with van der Waals surface area (Å²) in [5, 5.41) is 0. The van der Waals surface area contributed by atoms with E-state index in [1.165, 1.54) is 68.4 Å². The molecule has 1 heterocycles. The fourth-order valence-corrected chi connectivity index (χ4v) is 4.16. The Morgan fingerprint density at radius 2 is 1.88 bits per heavy atom. The molecule has 0 radical (unpaired) electrons. The lowest BCUT2D eigenvalue weighted by Crippen LogP contribution is -2.10. The van der Waals surface area contributed by atoms with Crippen LogP contribution in [0.1, 0.15) is 63.5 Å². The van der Waals surface area contributed by atoms with Gasteiger partial charge < -0.3 is 4.57 Å². The Morgan fingerprint density at radius 1 is 1.04 bits per heavy atom. The third-order valence-corrected chi connectivity index (χ3v) is 5.69. The van der Waals surface area contributed by atoms with Gasteiger partial charge >= 0.3 is 0 Å². The largest absolute Gasteiger partial charge is 0.334 e. The number of thioether (sulfide) groups is 1. The van der Waals surface area contributed by atoms with Crippen LogP contribution in [0.15, 0.2) is 49.1 Å². The monoisotopic (exact) mass is 344 g/mol. The Kier molecular flexibility index (Phi) is 9.70. The first-order valence-corrected chi connectivity index (χ1v) is 10.6. The molecule has 0 aliphatic carbocycles. The van der Waals surface area contributed by atoms with Crippen molar-refractivity contribution in [3.05, 3.63) is 54.6 Å². The molecule has 0 fully saturated rings. The third kappa shape index (κ3) is 7.57. The van der Waals surface area contributed by atoms with Gasteiger partial charge in [0, 0.05) is 24.2 Å². The molecule has 0 saturated carbocycles. The zero-order valence-corrected chi connectivity index (χ0v) is 15.9. The van der Waals surface area contributed by atoms with E-state index in [-0.39, 0.29) is 0 Å². The van der Waals surface area contributed by atoms with Gasteiger partial charge in [-0.3, -0.25) is 0 Å². The second-order valence-electron chi connectivity index (χ2n) is 6.53. The standard InChI is InChI=1S/C21H32N2S/c1-2-3-4-5-9-14-21(23-16-15-22-19-23)18-24-17-10-13-20-11-7-6-8-12-20/h6-8,11-12,15-16,19,21H,2-5,9-10,13-14,17-18H2,1H3. The third-order valence-electron chi connectivity index (χ3n) is 4.49. The average Bonchev–Trinajstić information content (AvgIpc) is 3.15. The van der Waals surface area contributed by atoms with Crippen LogP contribution in [0.2, 0.25) is 0 Å². The number of hydrogen-bond donors (Lipinski definition) is 0. The van der Waals surface area contributed by atoms with Crippen molar-refractivity contribution in [1.29, 1.82) is 0 Å². The Hall–Kier alpha value is -1.22. The first-order valence-electron chi connectivity index (χ1n) is 9.49. The van der Waals surface area contributed by atoms with Crippen molar-refractivity contribution in [1.82, 2.24) is 9.55 Å². The van der Waals surface area contributed by atoms with E-state index in [0.29, 0.717) is 6.04 Å². The van der Waals surface area contributed by atoms with Crippen molar-refractivity contribution >= 4 is 11.8 Å². The van der Waals surface area contributed by atoms with Crippen LogP contribution in [-0.4, -0.2) is 21.1 Å². The predicted molar refractivity (Wildman–Crippen MR) is 107 cm³/mol. The van der Waals surface area contributed by atoms with E-state index in [9.17, 15) is 0 Å². The Morgan fingerprint density at radius 3 is 2.62 bits per heavy atom. The number of rotatable bonds is 13. The van der Waals surface area contributed by atoms with Gasteiger partial charge in [0.1, 0.15) is 0 Å². The average molecular weight is 345 g/mol. The molecule has 0 aliphatic heterocycles. The maximum absolute atomic E-state index is 4.24. The van der Waals surface area contributed by atoms with Crippen LogP contribution in [0.4, 0.5) is 0 Å². The summed E-state index contributed by atoms with van der Waals surface area (Å²) in [6.45, 7) is 2.28. The van der Waals surface area contributed by atoms with Gasteiger partial charge in [0.15, 0.2) is 0 Å². The Balaban J connectivity index is 1.65. The lowest BCUT2D eigenvalue weighted by molar-refractivity contribution is 0.475. The molecule has 3 heteroatoms. The van der Waals surface area contributed by atoms with Gasteiger partial charge in [-0.15, -0.1) is 0 Å². The molecule has 1 atom stereocenters. The molecule has 24 heavy (non-hydrogen) atoms. The quantitative estimate of drug-likeness (QED) is 0.405. The van der Waals surface area contributed by atoms with Gasteiger partial charge in [-0.1, -0.05) is 69.4 Å². The van der Waals surface area contributed by atoms with Crippen LogP contribution in [0.25, 0.3) is 0 Å². The summed E-state index contributed by atoms with van der Waals surface area (Å²) in [6, 6.07) is 11.4. The smallest absolute Gasteiger partial charge is 0.0948 e. The number of aromatic nitrogens is 2. The zero-order chi connectivity index (χ0) is 16.9. The molecule has 1 aromatic carbocycles. The predicted octanol–water partition coefficient (Wildman–Crippen LogP) is 6.15. The van der Waals surface area contributed by atoms with Gasteiger partial charge in [-0.05, 0) is 30.6 Å². The van der Waals surface area contributed by atoms with Crippen LogP contribution in [0.5, 0.6) is 0 Å². The minimum atomic E-state index is 0.607. The van der Waals surface area contributed by atoms with E-state index in [1.807, 2.05) is 12.5 Å². The fraction of sp³-hybridized carbons (Fsp3) is 0.571. The minimum Gasteiger partial charge on any atom is -0.334 e. The zero-order valence-electron chi connectivity index (χ0n) is 15.1. The van der Waals surface area contributed by atoms with Crippen LogP contribution in [-0.2, 0) is 6.42 Å². The van der Waals surface area contributed by atoms with E-state index >= 15 is 0 Å². The van der Waals surface area contributed by atoms with Crippen molar-refractivity contribution in [2.45, 2.75) is 64.3 Å². The van der Waals surface area contributed by atoms with Gasteiger partial charge in [-0.2, -0.15) is 11.8 Å². The summed E-state index contributed by atoms with van der Waals surface area (Å²) < 4.78 is 2.31. The number of aryl methyl sites for hydroxylation is 1. The molecular formula is C21H32N2S. The van der Waals surface area contributed by atoms with Crippen LogP contribution in [0.3, 0.4) is 0 Å². The van der Waals surface area contributed by atoms with Crippen molar-refractivity contribution < 1.29 is 0 Å². The Labute approximate surface area is 152 Å². The molecule has 0 amide bonds. The first kappa shape index (κ1) is 19.1. The molecular weight excluding hydrogens is 312 g/mol. The number of benzene rings is 1. The molecule has 0 bridgehead atoms. The SMILES string of the molecule is CCCCCCCC(CSCCCc1ccccc1)n1ccnc1. The molecule has 0 aliphatic rings. The molecule has 0 spiro atoms. The first-order chi connectivity index (χ1) is 11.9. The van der Waals surface area contributed by atoms with Gasteiger partial charge in [0.2, 0.25) is 0 Å². The maximum Gasteiger partial charge on any atom is 0.0948 e. The van der Waals surface area contributed by atoms with Gasteiger partial charge in [0.05, 0.1) is 6.33 Å². The fourth-order valence-electron chi connectivity index (χ4n) is 3.03. The summed E-state index contributed by atoms with van der Waals surface area (Å²) in [4.78, 5) is 4.24. The molecule has 2 nitrogen and oxygen atoms in total. The second-order valence-corrected chi connectivity index (χ2v) is 7.68.